The summed E-state index contributed by atoms with van der Waals surface area (Å²) >= 11 is 0. The Labute approximate surface area is 322 Å². The normalized spacial score (nSPS) is 20.8. The van der Waals surface area contributed by atoms with Crippen molar-refractivity contribution < 1.29 is 35.3 Å². The number of aryl methyl sites for hydroxylation is 4. The van der Waals surface area contributed by atoms with Crippen molar-refractivity contribution in [3.8, 4) is 23.0 Å². The average Bonchev–Trinajstić information content (AvgIpc) is 3.41. The van der Waals surface area contributed by atoms with Gasteiger partial charge in [-0.3, -0.25) is 4.99 Å². The minimum Gasteiger partial charge on any atom is -0.513 e. The van der Waals surface area contributed by atoms with Crippen LogP contribution < -0.4 is 14.4 Å². The fourth-order valence-corrected chi connectivity index (χ4v) is 8.39. The molecule has 7 heteroatoms. The van der Waals surface area contributed by atoms with E-state index in [2.05, 4.69) is 117 Å². The van der Waals surface area contributed by atoms with E-state index in [-0.39, 0.29) is 31.9 Å². The standard InChI is InChI=1S/C45H45N3O3.Pt/c1-26-20-29(4)40-33(21-26)44(10)45(11,43(40,8)9)51-41(47-44)32-25-38(28(3)22-27(32)2)49-31-16-17-37-35(24-31)48(34-14-12-13-15-36(34)50-37)39-23-30(18-19-46-39)42(5,6)7;/h12-23H,1-11H3;/q-2;+2/t44-,45+;/m1./s1. The van der Waals surface area contributed by atoms with Crippen molar-refractivity contribution in [1.82, 2.24) is 4.98 Å². The second-order valence-electron chi connectivity index (χ2n) is 16.3. The predicted octanol–water partition coefficient (Wildman–Crippen LogP) is 11.3. The van der Waals surface area contributed by atoms with Crippen molar-refractivity contribution in [3.63, 3.8) is 0 Å². The molecule has 0 saturated heterocycles. The molecule has 0 saturated carbocycles. The van der Waals surface area contributed by atoms with E-state index in [0.717, 1.165) is 39.6 Å². The molecule has 1 aliphatic carbocycles. The van der Waals surface area contributed by atoms with Gasteiger partial charge in [0, 0.05) is 28.9 Å². The summed E-state index contributed by atoms with van der Waals surface area (Å²) in [5.74, 6) is 3.93. The molecule has 3 aliphatic rings. The van der Waals surface area contributed by atoms with Crippen LogP contribution in [0.4, 0.5) is 17.2 Å². The summed E-state index contributed by atoms with van der Waals surface area (Å²) in [5.41, 5.74) is 9.19. The molecule has 0 radical (unpaired) electrons. The minimum atomic E-state index is -0.591. The molecule has 8 rings (SSSR count). The fraction of sp³-hybridized carbons (Fsp3) is 0.333. The molecule has 0 unspecified atom stereocenters. The molecule has 0 spiro atoms. The maximum atomic E-state index is 7.01. The van der Waals surface area contributed by atoms with Crippen LogP contribution in [0.5, 0.6) is 23.0 Å². The van der Waals surface area contributed by atoms with E-state index < -0.39 is 11.1 Å². The Balaban J connectivity index is 0.00000420. The third-order valence-electron chi connectivity index (χ3n) is 11.5. The molecular weight excluding hydrogens is 826 g/mol. The zero-order valence-electron chi connectivity index (χ0n) is 31.8. The second-order valence-corrected chi connectivity index (χ2v) is 16.3. The first-order valence-electron chi connectivity index (χ1n) is 17.7. The Kier molecular flexibility index (Phi) is 8.34. The zero-order chi connectivity index (χ0) is 36.2. The first-order chi connectivity index (χ1) is 24.0. The maximum absolute atomic E-state index is 7.01. The topological polar surface area (TPSA) is 56.2 Å². The van der Waals surface area contributed by atoms with E-state index in [0.29, 0.717) is 23.1 Å². The number of hydrogen-bond acceptors (Lipinski definition) is 6. The largest absolute Gasteiger partial charge is 2.00 e. The van der Waals surface area contributed by atoms with Crippen LogP contribution in [0.15, 0.2) is 77.9 Å². The van der Waals surface area contributed by atoms with E-state index >= 15 is 0 Å². The summed E-state index contributed by atoms with van der Waals surface area (Å²) in [6, 6.07) is 29.8. The summed E-state index contributed by atoms with van der Waals surface area (Å²) in [6.07, 6.45) is 1.87. The molecule has 4 aromatic carbocycles. The second kappa shape index (κ2) is 12.1. The Morgan fingerprint density at radius 1 is 0.808 bits per heavy atom. The number of aromatic nitrogens is 1. The summed E-state index contributed by atoms with van der Waals surface area (Å²) in [7, 11) is 0. The zero-order valence-corrected chi connectivity index (χ0v) is 34.1. The fourth-order valence-electron chi connectivity index (χ4n) is 8.39. The minimum absolute atomic E-state index is 0. The number of aliphatic imine (C=N–C) groups is 1. The number of ether oxygens (including phenoxy) is 3. The number of nitrogens with zero attached hydrogens (tertiary/aromatic N) is 3. The molecule has 0 fully saturated rings. The van der Waals surface area contributed by atoms with Gasteiger partial charge in [0.15, 0.2) is 0 Å². The van der Waals surface area contributed by atoms with Gasteiger partial charge in [-0.2, -0.15) is 0 Å². The van der Waals surface area contributed by atoms with Crippen molar-refractivity contribution >= 4 is 23.1 Å². The van der Waals surface area contributed by atoms with Gasteiger partial charge in [0.05, 0.1) is 5.69 Å². The van der Waals surface area contributed by atoms with Gasteiger partial charge < -0.3 is 19.1 Å². The van der Waals surface area contributed by atoms with Crippen molar-refractivity contribution in [3.05, 3.63) is 130 Å². The van der Waals surface area contributed by atoms with Gasteiger partial charge in [-0.25, -0.2) is 4.98 Å². The van der Waals surface area contributed by atoms with Crippen molar-refractivity contribution in [2.24, 2.45) is 4.99 Å². The van der Waals surface area contributed by atoms with Gasteiger partial charge in [-0.15, -0.1) is 29.8 Å². The van der Waals surface area contributed by atoms with E-state index in [9.17, 15) is 0 Å². The smallest absolute Gasteiger partial charge is 0.513 e. The van der Waals surface area contributed by atoms with Gasteiger partial charge in [-0.05, 0) is 85.3 Å². The summed E-state index contributed by atoms with van der Waals surface area (Å²) < 4.78 is 20.0. The number of benzene rings is 4. The Morgan fingerprint density at radius 3 is 2.31 bits per heavy atom. The summed E-state index contributed by atoms with van der Waals surface area (Å²) in [4.78, 5) is 12.3. The molecular formula is C45H45N3O3Pt. The maximum Gasteiger partial charge on any atom is 2.00 e. The molecule has 0 bridgehead atoms. The monoisotopic (exact) mass is 870 g/mol. The first-order valence-corrected chi connectivity index (χ1v) is 17.7. The quantitative estimate of drug-likeness (QED) is 0.165. The Hall–Kier alpha value is -4.41. The van der Waals surface area contributed by atoms with Gasteiger partial charge >= 0.3 is 21.1 Å². The number of para-hydroxylation sites is 2. The van der Waals surface area contributed by atoms with Crippen molar-refractivity contribution in [2.45, 2.75) is 98.1 Å². The van der Waals surface area contributed by atoms with Gasteiger partial charge in [0.25, 0.3) is 0 Å². The van der Waals surface area contributed by atoms with Crippen LogP contribution in [0, 0.1) is 39.8 Å². The number of rotatable bonds is 4. The summed E-state index contributed by atoms with van der Waals surface area (Å²) in [6.45, 7) is 24.1. The third kappa shape index (κ3) is 5.23. The molecule has 2 atom stereocenters. The molecule has 1 aromatic heterocycles. The number of fused-ring (bicyclic) bond motifs is 5. The van der Waals surface area contributed by atoms with Crippen LogP contribution >= 0.6 is 0 Å². The van der Waals surface area contributed by atoms with Gasteiger partial charge in [-0.1, -0.05) is 95.5 Å². The Bertz CT molecular complexity index is 2300. The molecule has 0 amide bonds. The Morgan fingerprint density at radius 2 is 1.56 bits per heavy atom. The molecule has 52 heavy (non-hydrogen) atoms. The molecule has 0 N–H and O–H groups in total. The van der Waals surface area contributed by atoms with Crippen molar-refractivity contribution in [2.75, 3.05) is 4.90 Å². The van der Waals surface area contributed by atoms with Crippen LogP contribution in [-0.4, -0.2) is 16.5 Å². The number of anilines is 3. The van der Waals surface area contributed by atoms with Crippen LogP contribution in [0.2, 0.25) is 0 Å². The van der Waals surface area contributed by atoms with E-state index in [1.54, 1.807) is 0 Å². The molecule has 268 valence electrons. The molecule has 5 aromatic rings. The van der Waals surface area contributed by atoms with Gasteiger partial charge in [0.1, 0.15) is 28.6 Å². The van der Waals surface area contributed by atoms with Crippen LogP contribution in [0.1, 0.15) is 93.0 Å². The van der Waals surface area contributed by atoms with E-state index in [4.69, 9.17) is 24.2 Å². The first kappa shape index (κ1) is 36.0. The van der Waals surface area contributed by atoms with Gasteiger partial charge in [0.2, 0.25) is 0 Å². The van der Waals surface area contributed by atoms with Crippen LogP contribution in [-0.2, 0) is 42.2 Å². The predicted molar refractivity (Wildman–Crippen MR) is 204 cm³/mol. The van der Waals surface area contributed by atoms with E-state index in [1.165, 1.54) is 27.8 Å². The molecule has 3 heterocycles. The number of hydrogen-bond donors (Lipinski definition) is 0. The average molecular weight is 871 g/mol. The summed E-state index contributed by atoms with van der Waals surface area (Å²) in [5, 5.41) is 0. The third-order valence-corrected chi connectivity index (χ3v) is 11.5. The van der Waals surface area contributed by atoms with E-state index in [1.807, 2.05) is 49.5 Å². The SMILES string of the molecule is Cc1cc(C)c2c(c1)[C@@]1(C)N=C(c3[c-]c(Oc4[c-]c5c(cc4)Oc4ccccc4N5c4cc(C(C)(C)C)ccn4)c(C)cc3C)O[C@@]1(C)C2(C)C.[Pt+2]. The molecule has 6 nitrogen and oxygen atoms in total. The number of pyridine rings is 1. The van der Waals surface area contributed by atoms with Crippen LogP contribution in [0.25, 0.3) is 0 Å². The van der Waals surface area contributed by atoms with Crippen LogP contribution in [0.3, 0.4) is 0 Å². The van der Waals surface area contributed by atoms with Crippen molar-refractivity contribution in [1.29, 1.82) is 0 Å². The molecule has 2 aliphatic heterocycles.